The fourth-order valence-electron chi connectivity index (χ4n) is 3.22. The van der Waals surface area contributed by atoms with Crippen molar-refractivity contribution in [1.82, 2.24) is 15.1 Å². The zero-order valence-electron chi connectivity index (χ0n) is 17.2. The van der Waals surface area contributed by atoms with Gasteiger partial charge in [-0.3, -0.25) is 0 Å². The highest BCUT2D eigenvalue weighted by Crippen LogP contribution is 2.38. The molecule has 7 heteroatoms. The molecule has 0 aliphatic rings. The lowest BCUT2D eigenvalue weighted by molar-refractivity contribution is 0.193. The first-order valence-electron chi connectivity index (χ1n) is 9.53. The van der Waals surface area contributed by atoms with Crippen LogP contribution in [0.15, 0.2) is 42.5 Å². The van der Waals surface area contributed by atoms with Crippen molar-refractivity contribution in [2.45, 2.75) is 32.7 Å². The van der Waals surface area contributed by atoms with Crippen LogP contribution >= 0.6 is 0 Å². The van der Waals surface area contributed by atoms with Crippen molar-refractivity contribution in [3.8, 4) is 11.6 Å². The Hall–Kier alpha value is -3.06. The van der Waals surface area contributed by atoms with Crippen molar-refractivity contribution >= 4 is 17.0 Å². The molecular weight excluding hydrogens is 370 g/mol. The Balaban J connectivity index is 1.81. The van der Waals surface area contributed by atoms with Crippen molar-refractivity contribution in [3.63, 3.8) is 0 Å². The van der Waals surface area contributed by atoms with Gasteiger partial charge in [0, 0.05) is 19.2 Å². The number of aromatic nitrogens is 2. The number of rotatable bonds is 7. The molecule has 0 spiro atoms. The van der Waals surface area contributed by atoms with Crippen LogP contribution in [0.4, 0.5) is 4.79 Å². The maximum Gasteiger partial charge on any atom is 0.432 e. The Morgan fingerprint density at radius 3 is 2.55 bits per heavy atom. The lowest BCUT2D eigenvalue weighted by atomic mass is 9.84. The second-order valence-electron chi connectivity index (χ2n) is 7.83. The predicted octanol–water partition coefficient (Wildman–Crippen LogP) is 4.04. The number of ether oxygens (including phenoxy) is 2. The van der Waals surface area contributed by atoms with Gasteiger partial charge >= 0.3 is 6.09 Å². The number of methoxy groups -OCH3 is 1. The lowest BCUT2D eigenvalue weighted by Gasteiger charge is -2.21. The van der Waals surface area contributed by atoms with Gasteiger partial charge in [-0.1, -0.05) is 51.1 Å². The number of benzene rings is 2. The summed E-state index contributed by atoms with van der Waals surface area (Å²) in [5.74, 6) is 0.900. The van der Waals surface area contributed by atoms with Crippen LogP contribution in [0.5, 0.6) is 11.6 Å². The Bertz CT molecular complexity index is 991. The number of nitrogens with one attached hydrogen (secondary N) is 1. The number of hydrogen-bond acceptors (Lipinski definition) is 5. The highest BCUT2D eigenvalue weighted by Gasteiger charge is 2.26. The first kappa shape index (κ1) is 20.7. The van der Waals surface area contributed by atoms with Crippen molar-refractivity contribution in [2.24, 2.45) is 0 Å². The van der Waals surface area contributed by atoms with Gasteiger partial charge in [0.15, 0.2) is 0 Å². The maximum absolute atomic E-state index is 11.6. The van der Waals surface area contributed by atoms with Gasteiger partial charge in [-0.15, -0.1) is 5.10 Å². The molecule has 0 atom stereocenters. The van der Waals surface area contributed by atoms with E-state index in [4.69, 9.17) is 9.47 Å². The van der Waals surface area contributed by atoms with Crippen LogP contribution in [0.1, 0.15) is 31.9 Å². The molecule has 2 aromatic carbocycles. The number of hydrogen-bond donors (Lipinski definition) is 2. The third-order valence-electron chi connectivity index (χ3n) is 4.63. The van der Waals surface area contributed by atoms with E-state index in [0.717, 1.165) is 16.8 Å². The number of fused-ring (bicyclic) bond motifs is 1. The molecule has 3 aromatic rings. The molecule has 0 amide bonds. The molecule has 1 aromatic heterocycles. The van der Waals surface area contributed by atoms with Crippen molar-refractivity contribution in [3.05, 3.63) is 53.6 Å². The smallest absolute Gasteiger partial charge is 0.432 e. The quantitative estimate of drug-likeness (QED) is 0.585. The summed E-state index contributed by atoms with van der Waals surface area (Å²) in [4.78, 5) is 11.6. The van der Waals surface area contributed by atoms with E-state index in [1.807, 2.05) is 24.3 Å². The van der Waals surface area contributed by atoms with E-state index in [1.165, 1.54) is 12.7 Å². The Morgan fingerprint density at radius 2 is 1.93 bits per heavy atom. The summed E-state index contributed by atoms with van der Waals surface area (Å²) < 4.78 is 12.2. The molecule has 0 unspecified atom stereocenters. The lowest BCUT2D eigenvalue weighted by Crippen LogP contribution is -2.21. The summed E-state index contributed by atoms with van der Waals surface area (Å²) in [6.45, 7) is 8.07. The van der Waals surface area contributed by atoms with Gasteiger partial charge in [0.05, 0.1) is 18.0 Å². The summed E-state index contributed by atoms with van der Waals surface area (Å²) in [7, 11) is 1.49. The molecule has 2 N–H and O–H groups in total. The highest BCUT2D eigenvalue weighted by atomic mass is 16.5. The van der Waals surface area contributed by atoms with Gasteiger partial charge in [0.1, 0.15) is 12.4 Å². The zero-order valence-corrected chi connectivity index (χ0v) is 17.2. The largest absolute Gasteiger partial charge is 0.492 e. The van der Waals surface area contributed by atoms with Crippen molar-refractivity contribution < 1.29 is 19.4 Å². The fourth-order valence-corrected chi connectivity index (χ4v) is 3.22. The van der Waals surface area contributed by atoms with E-state index in [-0.39, 0.29) is 5.41 Å². The SMILES string of the molecule is COc1nn(C(=O)O)c2cc(OCCNCc3ccccc3)cc(C(C)(C)C)c12. The van der Waals surface area contributed by atoms with Crippen LogP contribution in [0.3, 0.4) is 0 Å². The summed E-state index contributed by atoms with van der Waals surface area (Å²) in [6.07, 6.45) is -1.17. The molecule has 0 saturated heterocycles. The normalized spacial score (nSPS) is 11.6. The number of nitrogens with zero attached hydrogens (tertiary/aromatic N) is 2. The van der Waals surface area contributed by atoms with Crippen LogP contribution in [0.2, 0.25) is 0 Å². The Morgan fingerprint density at radius 1 is 1.21 bits per heavy atom. The van der Waals surface area contributed by atoms with Gasteiger partial charge in [-0.05, 0) is 22.6 Å². The molecule has 0 bridgehead atoms. The van der Waals surface area contributed by atoms with Crippen LogP contribution in [-0.4, -0.2) is 41.2 Å². The third kappa shape index (κ3) is 4.68. The zero-order chi connectivity index (χ0) is 21.0. The Kier molecular flexibility index (Phi) is 6.08. The topological polar surface area (TPSA) is 85.6 Å². The van der Waals surface area contributed by atoms with E-state index in [0.29, 0.717) is 35.7 Å². The first-order chi connectivity index (χ1) is 13.8. The van der Waals surface area contributed by atoms with Gasteiger partial charge < -0.3 is 19.9 Å². The Labute approximate surface area is 170 Å². The van der Waals surface area contributed by atoms with Crippen LogP contribution < -0.4 is 14.8 Å². The maximum atomic E-state index is 11.6. The van der Waals surface area contributed by atoms with Crippen LogP contribution in [0.25, 0.3) is 10.9 Å². The highest BCUT2D eigenvalue weighted by molar-refractivity contribution is 5.95. The van der Waals surface area contributed by atoms with Gasteiger partial charge in [-0.25, -0.2) is 4.79 Å². The second kappa shape index (κ2) is 8.53. The molecule has 0 aliphatic carbocycles. The third-order valence-corrected chi connectivity index (χ3v) is 4.63. The fraction of sp³-hybridized carbons (Fsp3) is 0.364. The summed E-state index contributed by atoms with van der Waals surface area (Å²) in [5, 5.41) is 17.6. The minimum atomic E-state index is -1.17. The molecular formula is C22H27N3O4. The molecule has 29 heavy (non-hydrogen) atoms. The minimum absolute atomic E-state index is 0.247. The molecule has 7 nitrogen and oxygen atoms in total. The molecule has 3 rings (SSSR count). The van der Waals surface area contributed by atoms with Crippen molar-refractivity contribution in [2.75, 3.05) is 20.3 Å². The standard InChI is InChI=1S/C22H27N3O4/c1-22(2,3)17-12-16(29-11-10-23-14-15-8-6-5-7-9-15)13-18-19(17)20(28-4)24-25(18)21(26)27/h5-9,12-13,23H,10-11,14H2,1-4H3,(H,26,27). The molecule has 0 aliphatic heterocycles. The summed E-state index contributed by atoms with van der Waals surface area (Å²) in [5.41, 5.74) is 2.34. The van der Waals surface area contributed by atoms with E-state index in [9.17, 15) is 9.90 Å². The van der Waals surface area contributed by atoms with Gasteiger partial charge in [0.25, 0.3) is 0 Å². The molecule has 154 valence electrons. The van der Waals surface area contributed by atoms with Crippen LogP contribution in [-0.2, 0) is 12.0 Å². The summed E-state index contributed by atoms with van der Waals surface area (Å²) >= 11 is 0. The second-order valence-corrected chi connectivity index (χ2v) is 7.83. The summed E-state index contributed by atoms with van der Waals surface area (Å²) in [6, 6.07) is 13.8. The van der Waals surface area contributed by atoms with E-state index < -0.39 is 6.09 Å². The van der Waals surface area contributed by atoms with E-state index in [2.05, 4.69) is 43.3 Å². The molecule has 1 heterocycles. The molecule has 0 saturated carbocycles. The average molecular weight is 397 g/mol. The van der Waals surface area contributed by atoms with E-state index >= 15 is 0 Å². The monoisotopic (exact) mass is 397 g/mol. The average Bonchev–Trinajstić information content (AvgIpc) is 3.06. The van der Waals surface area contributed by atoms with Gasteiger partial charge in [-0.2, -0.15) is 4.68 Å². The van der Waals surface area contributed by atoms with Gasteiger partial charge in [0.2, 0.25) is 5.88 Å². The molecule has 0 fully saturated rings. The van der Waals surface area contributed by atoms with Crippen molar-refractivity contribution in [1.29, 1.82) is 0 Å². The molecule has 0 radical (unpaired) electrons. The number of carbonyl (C=O) groups is 1. The van der Waals surface area contributed by atoms with Crippen LogP contribution in [0, 0.1) is 0 Å². The minimum Gasteiger partial charge on any atom is -0.492 e. The predicted molar refractivity (Wildman–Crippen MR) is 112 cm³/mol. The first-order valence-corrected chi connectivity index (χ1v) is 9.53. The van der Waals surface area contributed by atoms with E-state index in [1.54, 1.807) is 6.07 Å². The number of carboxylic acid groups (broad SMARTS) is 1.